The zero-order valence-electron chi connectivity index (χ0n) is 19.8. The maximum atomic E-state index is 11.8. The molecule has 0 aliphatic carbocycles. The molecule has 0 N–H and O–H groups in total. The third-order valence-electron chi connectivity index (χ3n) is 4.33. The van der Waals surface area contributed by atoms with Crippen molar-refractivity contribution in [3.05, 3.63) is 10.4 Å². The Morgan fingerprint density at radius 2 is 1.79 bits per heavy atom. The molecule has 34 heavy (non-hydrogen) atoms. The first kappa shape index (κ1) is 29.4. The van der Waals surface area contributed by atoms with Crippen molar-refractivity contribution < 1.29 is 47.5 Å². The number of nitrogens with zero attached hydrogens (tertiary/aromatic N) is 4. The molecule has 0 bridgehead atoms. The third-order valence-corrected chi connectivity index (χ3v) is 4.33. The number of ether oxygens (including phenoxy) is 7. The van der Waals surface area contributed by atoms with E-state index in [2.05, 4.69) is 15.0 Å². The summed E-state index contributed by atoms with van der Waals surface area (Å²) in [6.45, 7) is 6.11. The van der Waals surface area contributed by atoms with Crippen molar-refractivity contribution in [2.45, 2.75) is 52.3 Å². The molecule has 0 spiro atoms. The Kier molecular flexibility index (Phi) is 14.6. The number of carbonyl (C=O) groups excluding carboxylic acids is 3. The molecule has 0 aromatic heterocycles. The zero-order valence-corrected chi connectivity index (χ0v) is 19.8. The lowest BCUT2D eigenvalue weighted by molar-refractivity contribution is -0.292. The summed E-state index contributed by atoms with van der Waals surface area (Å²) in [7, 11) is 0. The first-order valence-corrected chi connectivity index (χ1v) is 10.7. The summed E-state index contributed by atoms with van der Waals surface area (Å²) in [6.07, 6.45) is -2.55. The van der Waals surface area contributed by atoms with Gasteiger partial charge in [0.25, 0.3) is 0 Å². The average molecular weight is 488 g/mol. The van der Waals surface area contributed by atoms with E-state index in [1.165, 1.54) is 27.0 Å². The monoisotopic (exact) mass is 488 g/mol. The van der Waals surface area contributed by atoms with Crippen molar-refractivity contribution in [1.29, 1.82) is 0 Å². The first-order chi connectivity index (χ1) is 16.3. The number of carbonyl (C=O) groups is 3. The van der Waals surface area contributed by atoms with Gasteiger partial charge in [0.05, 0.1) is 25.7 Å². The van der Waals surface area contributed by atoms with Crippen LogP contribution in [0.4, 0.5) is 0 Å². The van der Waals surface area contributed by atoms with Crippen molar-refractivity contribution in [2.24, 2.45) is 16.0 Å². The Labute approximate surface area is 197 Å². The van der Waals surface area contributed by atoms with Gasteiger partial charge in [0.2, 0.25) is 5.91 Å². The van der Waals surface area contributed by atoms with E-state index in [0.29, 0.717) is 6.61 Å². The van der Waals surface area contributed by atoms with Gasteiger partial charge < -0.3 is 33.2 Å². The van der Waals surface area contributed by atoms with Gasteiger partial charge in [-0.3, -0.25) is 14.4 Å². The van der Waals surface area contributed by atoms with E-state index >= 15 is 0 Å². The van der Waals surface area contributed by atoms with E-state index in [-0.39, 0.29) is 39.8 Å². The van der Waals surface area contributed by atoms with Gasteiger partial charge in [-0.15, -0.1) is 0 Å². The number of azide groups is 1. The fraction of sp³-hybridized carbons (Fsp3) is 0.800. The third kappa shape index (κ3) is 11.5. The van der Waals surface area contributed by atoms with Crippen LogP contribution in [0.15, 0.2) is 10.1 Å². The smallest absolute Gasteiger partial charge is 0.303 e. The summed E-state index contributed by atoms with van der Waals surface area (Å²) in [5.41, 5.74) is 8.28. The molecule has 1 rings (SSSR count). The largest absolute Gasteiger partial charge is 0.463 e. The molecule has 14 nitrogen and oxygen atoms in total. The van der Waals surface area contributed by atoms with Gasteiger partial charge in [-0.2, -0.15) is 0 Å². The molecule has 0 radical (unpaired) electrons. The second-order valence-electron chi connectivity index (χ2n) is 6.97. The van der Waals surface area contributed by atoms with Gasteiger partial charge in [-0.25, -0.2) is 4.99 Å². The van der Waals surface area contributed by atoms with E-state index in [1.807, 2.05) is 0 Å². The quantitative estimate of drug-likeness (QED) is 0.0618. The molecular weight excluding hydrogens is 456 g/mol. The van der Waals surface area contributed by atoms with Crippen LogP contribution in [0.1, 0.15) is 27.7 Å². The van der Waals surface area contributed by atoms with Gasteiger partial charge in [0.1, 0.15) is 25.6 Å². The Morgan fingerprint density at radius 1 is 1.03 bits per heavy atom. The minimum atomic E-state index is -1.01. The Hall–Kier alpha value is -2.61. The number of amides is 1. The van der Waals surface area contributed by atoms with Crippen LogP contribution >= 0.6 is 0 Å². The molecule has 0 aromatic rings. The summed E-state index contributed by atoms with van der Waals surface area (Å²) < 4.78 is 38.7. The van der Waals surface area contributed by atoms with Crippen LogP contribution in [-0.4, -0.2) is 95.0 Å². The topological polar surface area (TPSA) is 177 Å². The SMILES string of the molecule is CCOCO[C@@H]1C(/C=N/C(C)=O)[C@H](OCCOCCN=[N+]=[N-])O[C@H](COC(C)=O)[C@@H]1OC(C)=O. The van der Waals surface area contributed by atoms with Crippen LogP contribution in [0.25, 0.3) is 10.4 Å². The molecule has 1 aliphatic heterocycles. The van der Waals surface area contributed by atoms with Crippen LogP contribution in [0.3, 0.4) is 0 Å². The van der Waals surface area contributed by atoms with Crippen molar-refractivity contribution in [3.8, 4) is 0 Å². The van der Waals surface area contributed by atoms with E-state index in [4.69, 9.17) is 38.7 Å². The molecule has 5 atom stereocenters. The summed E-state index contributed by atoms with van der Waals surface area (Å²) in [6, 6.07) is 0. The standard InChI is InChI=1S/C20H32N4O10/c1-5-28-12-32-18-16(10-22-13(2)25)20(30-9-8-29-7-6-23-24-21)34-17(11-31-14(3)26)19(18)33-15(4)27/h10,16-20H,5-9,11-12H2,1-4H3/b22-10+/t16?,17-,18-,19+,20-/m1/s1. The lowest BCUT2D eigenvalue weighted by Crippen LogP contribution is -2.59. The van der Waals surface area contributed by atoms with Gasteiger partial charge >= 0.3 is 11.9 Å². The molecule has 1 fully saturated rings. The Morgan fingerprint density at radius 3 is 2.41 bits per heavy atom. The van der Waals surface area contributed by atoms with Crippen molar-refractivity contribution in [2.75, 3.05) is 46.4 Å². The van der Waals surface area contributed by atoms with Gasteiger partial charge in [0, 0.05) is 45.0 Å². The fourth-order valence-electron chi connectivity index (χ4n) is 2.98. The minimum absolute atomic E-state index is 0.0715. The molecular formula is C20H32N4O10. The van der Waals surface area contributed by atoms with Crippen molar-refractivity contribution in [3.63, 3.8) is 0 Å². The highest BCUT2D eigenvalue weighted by atomic mass is 16.7. The van der Waals surface area contributed by atoms with Crippen molar-refractivity contribution in [1.82, 2.24) is 0 Å². The highest BCUT2D eigenvalue weighted by Gasteiger charge is 2.49. The predicted octanol–water partition coefficient (Wildman–Crippen LogP) is 1.16. The number of aliphatic imine (C=N–C) groups is 1. The van der Waals surface area contributed by atoms with Gasteiger partial charge in [-0.05, 0) is 12.5 Å². The Bertz CT molecular complexity index is 728. The normalized spacial score (nSPS) is 24.4. The van der Waals surface area contributed by atoms with Crippen LogP contribution in [0.5, 0.6) is 0 Å². The van der Waals surface area contributed by atoms with E-state index < -0.39 is 48.4 Å². The molecule has 0 aromatic carbocycles. The molecule has 14 heteroatoms. The van der Waals surface area contributed by atoms with E-state index in [9.17, 15) is 14.4 Å². The van der Waals surface area contributed by atoms with Crippen LogP contribution in [0, 0.1) is 5.92 Å². The van der Waals surface area contributed by atoms with Crippen LogP contribution in [-0.2, 0) is 47.5 Å². The van der Waals surface area contributed by atoms with Gasteiger partial charge in [0.15, 0.2) is 12.4 Å². The molecule has 1 aliphatic rings. The van der Waals surface area contributed by atoms with Gasteiger partial charge in [-0.1, -0.05) is 5.11 Å². The highest BCUT2D eigenvalue weighted by molar-refractivity contribution is 5.84. The number of esters is 2. The Balaban J connectivity index is 3.10. The molecule has 0 saturated carbocycles. The fourth-order valence-corrected chi connectivity index (χ4v) is 2.98. The molecule has 192 valence electrons. The van der Waals surface area contributed by atoms with E-state index in [1.54, 1.807) is 6.92 Å². The number of hydrogen-bond acceptors (Lipinski definition) is 11. The maximum absolute atomic E-state index is 11.8. The lowest BCUT2D eigenvalue weighted by Gasteiger charge is -2.44. The first-order valence-electron chi connectivity index (χ1n) is 10.7. The number of rotatable bonds is 15. The molecule has 1 unspecified atom stereocenters. The second kappa shape index (κ2) is 16.9. The zero-order chi connectivity index (χ0) is 25.3. The summed E-state index contributed by atoms with van der Waals surface area (Å²) in [4.78, 5) is 41.1. The summed E-state index contributed by atoms with van der Waals surface area (Å²) >= 11 is 0. The van der Waals surface area contributed by atoms with Crippen molar-refractivity contribution >= 4 is 24.1 Å². The predicted molar refractivity (Wildman–Crippen MR) is 116 cm³/mol. The molecule has 1 amide bonds. The minimum Gasteiger partial charge on any atom is -0.463 e. The maximum Gasteiger partial charge on any atom is 0.303 e. The molecule has 1 saturated heterocycles. The average Bonchev–Trinajstić information content (AvgIpc) is 2.77. The lowest BCUT2D eigenvalue weighted by atomic mass is 9.91. The van der Waals surface area contributed by atoms with E-state index in [0.717, 1.165) is 0 Å². The second-order valence-corrected chi connectivity index (χ2v) is 6.97. The van der Waals surface area contributed by atoms with Crippen LogP contribution in [0.2, 0.25) is 0 Å². The molecule has 1 heterocycles. The van der Waals surface area contributed by atoms with Crippen LogP contribution < -0.4 is 0 Å². The number of hydrogen-bond donors (Lipinski definition) is 0. The highest BCUT2D eigenvalue weighted by Crippen LogP contribution is 2.31. The summed E-state index contributed by atoms with van der Waals surface area (Å²) in [5.74, 6) is -2.41. The summed E-state index contributed by atoms with van der Waals surface area (Å²) in [5, 5.41) is 3.36.